The zero-order valence-electron chi connectivity index (χ0n) is 20.6. The number of nitrogens with one attached hydrogen (secondary N) is 2. The molecule has 3 aromatic heterocycles. The number of alkyl carbamates (subject to hydrolysis) is 1. The van der Waals surface area contributed by atoms with Crippen LogP contribution in [-0.2, 0) is 17.5 Å². The molecule has 13 heteroatoms. The van der Waals surface area contributed by atoms with Crippen LogP contribution in [0.4, 0.5) is 29.5 Å². The molecule has 0 radical (unpaired) electrons. The average Bonchev–Trinajstić information content (AvgIpc) is 3.23. The lowest BCUT2D eigenvalue weighted by Gasteiger charge is -2.19. The van der Waals surface area contributed by atoms with E-state index in [-0.39, 0.29) is 16.7 Å². The predicted octanol–water partition coefficient (Wildman–Crippen LogP) is 6.56. The van der Waals surface area contributed by atoms with Crippen LogP contribution in [0.5, 0.6) is 11.6 Å². The largest absolute Gasteiger partial charge is 0.444 e. The number of alkyl halides is 3. The number of halogens is 4. The van der Waals surface area contributed by atoms with E-state index in [1.165, 1.54) is 30.7 Å². The Morgan fingerprint density at radius 3 is 2.61 bits per heavy atom. The molecule has 4 aromatic rings. The number of hydrogen-bond acceptors (Lipinski definition) is 7. The molecular weight excluding hydrogens is 525 g/mol. The molecule has 4 rings (SSSR count). The highest BCUT2D eigenvalue weighted by atomic mass is 35.5. The molecule has 0 saturated heterocycles. The van der Waals surface area contributed by atoms with Gasteiger partial charge in [0.1, 0.15) is 28.2 Å². The number of carbonyl (C=O) groups excluding carboxylic acids is 1. The summed E-state index contributed by atoms with van der Waals surface area (Å²) in [5.74, 6) is 0.355. The van der Waals surface area contributed by atoms with E-state index in [4.69, 9.17) is 21.1 Å². The highest BCUT2D eigenvalue weighted by molar-refractivity contribution is 6.32. The number of amides is 1. The van der Waals surface area contributed by atoms with Crippen molar-refractivity contribution in [2.24, 2.45) is 0 Å². The van der Waals surface area contributed by atoms with Gasteiger partial charge >= 0.3 is 12.3 Å². The number of nitrogens with zero attached hydrogens (tertiary/aromatic N) is 4. The quantitative estimate of drug-likeness (QED) is 0.269. The first-order valence-corrected chi connectivity index (χ1v) is 11.8. The van der Waals surface area contributed by atoms with Gasteiger partial charge in [0.2, 0.25) is 5.88 Å². The molecule has 200 valence electrons. The smallest absolute Gasteiger partial charge is 0.416 e. The van der Waals surface area contributed by atoms with E-state index in [2.05, 4.69) is 25.6 Å². The minimum Gasteiger partial charge on any atom is -0.444 e. The second kappa shape index (κ2) is 10.7. The van der Waals surface area contributed by atoms with Gasteiger partial charge in [0.25, 0.3) is 0 Å². The molecule has 9 nitrogen and oxygen atoms in total. The first-order chi connectivity index (χ1) is 17.9. The van der Waals surface area contributed by atoms with Gasteiger partial charge in [-0.2, -0.15) is 13.2 Å². The average molecular weight is 549 g/mol. The molecule has 0 bridgehead atoms. The van der Waals surface area contributed by atoms with Crippen LogP contribution in [0.3, 0.4) is 0 Å². The highest BCUT2D eigenvalue weighted by Crippen LogP contribution is 2.35. The summed E-state index contributed by atoms with van der Waals surface area (Å²) in [5, 5.41) is 5.92. The molecule has 0 aliphatic rings. The Labute approximate surface area is 221 Å². The van der Waals surface area contributed by atoms with Gasteiger partial charge in [-0.25, -0.2) is 19.7 Å². The maximum atomic E-state index is 13.0. The summed E-state index contributed by atoms with van der Waals surface area (Å²) >= 11 is 6.31. The van der Waals surface area contributed by atoms with Gasteiger partial charge in [-0.15, -0.1) is 0 Å². The SMILES string of the molecule is CC(C)(C)OC(=O)NCCn1ccc2ncnc(Nc3cnc(Oc4cccc(C(F)(F)F)c4)c(Cl)c3)c21. The molecule has 0 unspecified atom stereocenters. The van der Waals surface area contributed by atoms with E-state index >= 15 is 0 Å². The van der Waals surface area contributed by atoms with Crippen molar-refractivity contribution >= 4 is 40.2 Å². The summed E-state index contributed by atoms with van der Waals surface area (Å²) in [6, 6.07) is 7.76. The topological polar surface area (TPSA) is 103 Å². The molecule has 1 aromatic carbocycles. The van der Waals surface area contributed by atoms with E-state index in [1.807, 2.05) is 16.8 Å². The Kier molecular flexibility index (Phi) is 7.63. The second-order valence-corrected chi connectivity index (χ2v) is 9.56. The molecule has 2 N–H and O–H groups in total. The van der Waals surface area contributed by atoms with Crippen molar-refractivity contribution in [3.63, 3.8) is 0 Å². The predicted molar refractivity (Wildman–Crippen MR) is 136 cm³/mol. The summed E-state index contributed by atoms with van der Waals surface area (Å²) in [5.41, 5.74) is 0.368. The van der Waals surface area contributed by atoms with Crippen LogP contribution in [0.1, 0.15) is 26.3 Å². The Hall–Kier alpha value is -4.06. The minimum atomic E-state index is -4.50. The van der Waals surface area contributed by atoms with Crippen molar-refractivity contribution < 1.29 is 27.4 Å². The number of hydrogen-bond donors (Lipinski definition) is 2. The fraction of sp³-hybridized carbons (Fsp3) is 0.280. The van der Waals surface area contributed by atoms with Gasteiger partial charge < -0.3 is 24.7 Å². The Bertz CT molecular complexity index is 1450. The van der Waals surface area contributed by atoms with Crippen LogP contribution < -0.4 is 15.4 Å². The number of aromatic nitrogens is 4. The van der Waals surface area contributed by atoms with Crippen LogP contribution in [0, 0.1) is 0 Å². The zero-order valence-corrected chi connectivity index (χ0v) is 21.4. The van der Waals surface area contributed by atoms with Gasteiger partial charge in [-0.3, -0.25) is 0 Å². The van der Waals surface area contributed by atoms with E-state index in [0.29, 0.717) is 35.6 Å². The molecule has 3 heterocycles. The Morgan fingerprint density at radius 1 is 1.11 bits per heavy atom. The van der Waals surface area contributed by atoms with E-state index in [9.17, 15) is 18.0 Å². The Morgan fingerprint density at radius 2 is 1.89 bits per heavy atom. The summed E-state index contributed by atoms with van der Waals surface area (Å²) in [7, 11) is 0. The van der Waals surface area contributed by atoms with Crippen molar-refractivity contribution in [3.05, 3.63) is 65.7 Å². The van der Waals surface area contributed by atoms with Crippen LogP contribution >= 0.6 is 11.6 Å². The lowest BCUT2D eigenvalue weighted by Crippen LogP contribution is -2.34. The zero-order chi connectivity index (χ0) is 27.5. The fourth-order valence-corrected chi connectivity index (χ4v) is 3.66. The molecule has 0 fully saturated rings. The summed E-state index contributed by atoms with van der Waals surface area (Å²) in [6.45, 7) is 6.08. The van der Waals surface area contributed by atoms with Gasteiger partial charge in [-0.05, 0) is 51.1 Å². The third-order valence-corrected chi connectivity index (χ3v) is 5.29. The molecule has 1 amide bonds. The van der Waals surface area contributed by atoms with Gasteiger partial charge in [0.15, 0.2) is 5.82 Å². The lowest BCUT2D eigenvalue weighted by atomic mass is 10.2. The molecule has 0 spiro atoms. The van der Waals surface area contributed by atoms with Crippen molar-refractivity contribution in [1.82, 2.24) is 24.8 Å². The number of carbonyl (C=O) groups is 1. The van der Waals surface area contributed by atoms with Crippen LogP contribution in [0.25, 0.3) is 11.0 Å². The minimum absolute atomic E-state index is 0.0507. The van der Waals surface area contributed by atoms with Crippen molar-refractivity contribution in [2.45, 2.75) is 39.1 Å². The highest BCUT2D eigenvalue weighted by Gasteiger charge is 2.30. The third kappa shape index (κ3) is 6.82. The molecular formula is C25H24ClF3N6O3. The van der Waals surface area contributed by atoms with E-state index in [0.717, 1.165) is 12.1 Å². The standard InChI is InChI=1S/C25H24ClF3N6O3/c1-24(2,3)38-23(36)30-8-10-35-9-7-19-20(35)21(33-14-32-19)34-16-12-18(26)22(31-13-16)37-17-6-4-5-15(11-17)25(27,28)29/h4-7,9,11-14H,8,10H2,1-3H3,(H,30,36)(H,32,33,34). The first kappa shape index (κ1) is 27.0. The number of ether oxygens (including phenoxy) is 2. The van der Waals surface area contributed by atoms with Crippen LogP contribution in [0.2, 0.25) is 5.02 Å². The normalized spacial score (nSPS) is 11.9. The summed E-state index contributed by atoms with van der Waals surface area (Å²) in [6.07, 6.45) is -0.389. The monoisotopic (exact) mass is 548 g/mol. The molecule has 0 aliphatic carbocycles. The van der Waals surface area contributed by atoms with Crippen LogP contribution in [-0.4, -0.2) is 37.8 Å². The van der Waals surface area contributed by atoms with E-state index in [1.54, 1.807) is 20.8 Å². The number of anilines is 2. The fourth-order valence-electron chi connectivity index (χ4n) is 3.46. The van der Waals surface area contributed by atoms with Crippen LogP contribution in [0.15, 0.2) is 55.1 Å². The molecule has 0 atom stereocenters. The summed E-state index contributed by atoms with van der Waals surface area (Å²) < 4.78 is 51.5. The van der Waals surface area contributed by atoms with E-state index < -0.39 is 23.4 Å². The molecule has 38 heavy (non-hydrogen) atoms. The summed E-state index contributed by atoms with van der Waals surface area (Å²) in [4.78, 5) is 24.7. The number of fused-ring (bicyclic) bond motifs is 1. The first-order valence-electron chi connectivity index (χ1n) is 11.4. The van der Waals surface area contributed by atoms with Crippen molar-refractivity contribution in [1.29, 1.82) is 0 Å². The number of pyridine rings is 1. The Balaban J connectivity index is 1.48. The number of rotatable bonds is 7. The molecule has 0 aliphatic heterocycles. The molecule has 0 saturated carbocycles. The maximum Gasteiger partial charge on any atom is 0.416 e. The number of benzene rings is 1. The second-order valence-electron chi connectivity index (χ2n) is 9.16. The lowest BCUT2D eigenvalue weighted by molar-refractivity contribution is -0.137. The van der Waals surface area contributed by atoms with Crippen molar-refractivity contribution in [3.8, 4) is 11.6 Å². The van der Waals surface area contributed by atoms with Gasteiger partial charge in [-0.1, -0.05) is 17.7 Å². The van der Waals surface area contributed by atoms with Crippen molar-refractivity contribution in [2.75, 3.05) is 11.9 Å². The van der Waals surface area contributed by atoms with Gasteiger partial charge in [0, 0.05) is 19.3 Å². The third-order valence-electron chi connectivity index (χ3n) is 5.02. The van der Waals surface area contributed by atoms with Gasteiger partial charge in [0.05, 0.1) is 23.0 Å². The maximum absolute atomic E-state index is 13.0.